The van der Waals surface area contributed by atoms with Crippen LogP contribution < -0.4 is 11.1 Å². The van der Waals surface area contributed by atoms with Crippen molar-refractivity contribution in [3.05, 3.63) is 29.8 Å². The lowest BCUT2D eigenvalue weighted by Crippen LogP contribution is -2.36. The summed E-state index contributed by atoms with van der Waals surface area (Å²) in [5, 5.41) is 3.47. The van der Waals surface area contributed by atoms with Gasteiger partial charge in [0.2, 0.25) is 0 Å². The minimum atomic E-state index is 0.211. The molecule has 3 N–H and O–H groups in total. The molecular formula is C13H22N2. The third kappa shape index (κ3) is 4.84. The number of nitrogens with one attached hydrogen (secondary N) is 1. The number of hydrogen-bond acceptors (Lipinski definition) is 2. The van der Waals surface area contributed by atoms with Crippen molar-refractivity contribution in [1.29, 1.82) is 0 Å². The van der Waals surface area contributed by atoms with E-state index in [1.54, 1.807) is 0 Å². The molecule has 0 spiro atoms. The highest BCUT2D eigenvalue weighted by Crippen LogP contribution is 2.12. The van der Waals surface area contributed by atoms with Crippen LogP contribution in [0.1, 0.15) is 32.8 Å². The molecule has 0 saturated carbocycles. The number of nitrogen functional groups attached to an aromatic ring is 1. The van der Waals surface area contributed by atoms with Gasteiger partial charge in [0.25, 0.3) is 0 Å². The lowest BCUT2D eigenvalue weighted by atomic mass is 10.1. The van der Waals surface area contributed by atoms with Crippen molar-refractivity contribution in [2.75, 3.05) is 12.3 Å². The fourth-order valence-corrected chi connectivity index (χ4v) is 1.50. The number of anilines is 1. The molecule has 0 saturated heterocycles. The number of hydrogen-bond donors (Lipinski definition) is 2. The van der Waals surface area contributed by atoms with Crippen molar-refractivity contribution in [2.24, 2.45) is 0 Å². The maximum atomic E-state index is 5.87. The van der Waals surface area contributed by atoms with Crippen molar-refractivity contribution in [1.82, 2.24) is 5.32 Å². The number of para-hydroxylation sites is 1. The highest BCUT2D eigenvalue weighted by molar-refractivity contribution is 5.46. The van der Waals surface area contributed by atoms with Gasteiger partial charge < -0.3 is 11.1 Å². The molecule has 0 aliphatic carbocycles. The first-order valence-electron chi connectivity index (χ1n) is 5.57. The van der Waals surface area contributed by atoms with Gasteiger partial charge in [-0.15, -0.1) is 0 Å². The lowest BCUT2D eigenvalue weighted by molar-refractivity contribution is 0.422. The van der Waals surface area contributed by atoms with Crippen LogP contribution in [0, 0.1) is 0 Å². The first-order valence-corrected chi connectivity index (χ1v) is 5.57. The van der Waals surface area contributed by atoms with Gasteiger partial charge in [-0.25, -0.2) is 0 Å². The number of rotatable bonds is 4. The zero-order chi connectivity index (χ0) is 11.3. The Labute approximate surface area is 92.9 Å². The molecule has 0 heterocycles. The quantitative estimate of drug-likeness (QED) is 0.587. The Morgan fingerprint density at radius 2 is 1.87 bits per heavy atom. The van der Waals surface area contributed by atoms with E-state index < -0.39 is 0 Å². The summed E-state index contributed by atoms with van der Waals surface area (Å²) < 4.78 is 0. The van der Waals surface area contributed by atoms with E-state index in [2.05, 4.69) is 32.2 Å². The van der Waals surface area contributed by atoms with E-state index >= 15 is 0 Å². The molecule has 84 valence electrons. The van der Waals surface area contributed by atoms with Gasteiger partial charge >= 0.3 is 0 Å². The smallest absolute Gasteiger partial charge is 0.0346 e. The number of nitrogens with two attached hydrogens (primary N) is 1. The van der Waals surface area contributed by atoms with Crippen molar-refractivity contribution in [3.63, 3.8) is 0 Å². The molecule has 0 aliphatic heterocycles. The average molecular weight is 206 g/mol. The van der Waals surface area contributed by atoms with Crippen molar-refractivity contribution < 1.29 is 0 Å². The van der Waals surface area contributed by atoms with Gasteiger partial charge in [-0.2, -0.15) is 0 Å². The zero-order valence-electron chi connectivity index (χ0n) is 10.0. The number of benzene rings is 1. The SMILES string of the molecule is CC(C)(C)NCCCc1ccccc1N. The normalized spacial score (nSPS) is 11.7. The molecule has 2 nitrogen and oxygen atoms in total. The molecule has 0 bridgehead atoms. The summed E-state index contributed by atoms with van der Waals surface area (Å²) >= 11 is 0. The van der Waals surface area contributed by atoms with Crippen molar-refractivity contribution in [2.45, 2.75) is 39.2 Å². The minimum Gasteiger partial charge on any atom is -0.399 e. The van der Waals surface area contributed by atoms with Crippen LogP contribution in [0.15, 0.2) is 24.3 Å². The van der Waals surface area contributed by atoms with Crippen LogP contribution in [-0.2, 0) is 6.42 Å². The van der Waals surface area contributed by atoms with Crippen molar-refractivity contribution in [3.8, 4) is 0 Å². The average Bonchev–Trinajstić information content (AvgIpc) is 2.13. The van der Waals surface area contributed by atoms with E-state index in [4.69, 9.17) is 5.73 Å². The second-order valence-corrected chi connectivity index (χ2v) is 4.98. The summed E-state index contributed by atoms with van der Waals surface area (Å²) in [5.74, 6) is 0. The summed E-state index contributed by atoms with van der Waals surface area (Å²) in [7, 11) is 0. The van der Waals surface area contributed by atoms with Gasteiger partial charge in [0.1, 0.15) is 0 Å². The van der Waals surface area contributed by atoms with Crippen LogP contribution in [0.2, 0.25) is 0 Å². The topological polar surface area (TPSA) is 38.0 Å². The Kier molecular flexibility index (Phi) is 4.15. The summed E-state index contributed by atoms with van der Waals surface area (Å²) in [5.41, 5.74) is 8.25. The molecule has 0 atom stereocenters. The fourth-order valence-electron chi connectivity index (χ4n) is 1.50. The van der Waals surface area contributed by atoms with Gasteiger partial charge in [0.15, 0.2) is 0 Å². The Balaban J connectivity index is 2.30. The van der Waals surface area contributed by atoms with Gasteiger partial charge in [-0.1, -0.05) is 18.2 Å². The van der Waals surface area contributed by atoms with Crippen LogP contribution >= 0.6 is 0 Å². The van der Waals surface area contributed by atoms with Crippen LogP contribution in [0.3, 0.4) is 0 Å². The highest BCUT2D eigenvalue weighted by Gasteiger charge is 2.07. The first kappa shape index (κ1) is 12.1. The van der Waals surface area contributed by atoms with Crippen LogP contribution in [0.25, 0.3) is 0 Å². The molecule has 0 radical (unpaired) electrons. The largest absolute Gasteiger partial charge is 0.399 e. The Morgan fingerprint density at radius 1 is 1.20 bits per heavy atom. The molecule has 1 rings (SSSR count). The molecule has 15 heavy (non-hydrogen) atoms. The Bertz CT molecular complexity index is 300. The van der Waals surface area contributed by atoms with E-state index in [0.29, 0.717) is 0 Å². The van der Waals surface area contributed by atoms with Gasteiger partial charge in [0.05, 0.1) is 0 Å². The highest BCUT2D eigenvalue weighted by atomic mass is 14.9. The predicted octanol–water partition coefficient (Wildman–Crippen LogP) is 2.59. The van der Waals surface area contributed by atoms with Crippen LogP contribution in [0.4, 0.5) is 5.69 Å². The third-order valence-corrected chi connectivity index (χ3v) is 2.33. The minimum absolute atomic E-state index is 0.211. The summed E-state index contributed by atoms with van der Waals surface area (Å²) in [6, 6.07) is 8.09. The summed E-state index contributed by atoms with van der Waals surface area (Å²) in [6.07, 6.45) is 2.18. The molecule has 0 unspecified atom stereocenters. The van der Waals surface area contributed by atoms with E-state index in [1.165, 1.54) is 5.56 Å². The first-order chi connectivity index (χ1) is 6.99. The zero-order valence-corrected chi connectivity index (χ0v) is 10.0. The molecule has 0 aromatic heterocycles. The molecule has 1 aromatic rings. The monoisotopic (exact) mass is 206 g/mol. The fraction of sp³-hybridized carbons (Fsp3) is 0.538. The van der Waals surface area contributed by atoms with E-state index in [9.17, 15) is 0 Å². The van der Waals surface area contributed by atoms with E-state index in [-0.39, 0.29) is 5.54 Å². The maximum absolute atomic E-state index is 5.87. The van der Waals surface area contributed by atoms with Crippen LogP contribution in [-0.4, -0.2) is 12.1 Å². The van der Waals surface area contributed by atoms with Crippen LogP contribution in [0.5, 0.6) is 0 Å². The number of aryl methyl sites for hydroxylation is 1. The molecule has 0 amide bonds. The standard InChI is InChI=1S/C13H22N2/c1-13(2,3)15-10-6-8-11-7-4-5-9-12(11)14/h4-5,7,9,15H,6,8,10,14H2,1-3H3. The third-order valence-electron chi connectivity index (χ3n) is 2.33. The Morgan fingerprint density at radius 3 is 2.47 bits per heavy atom. The van der Waals surface area contributed by atoms with E-state index in [0.717, 1.165) is 25.1 Å². The Hall–Kier alpha value is -1.02. The second-order valence-electron chi connectivity index (χ2n) is 4.98. The second kappa shape index (κ2) is 5.17. The molecule has 0 fully saturated rings. The molecular weight excluding hydrogens is 184 g/mol. The lowest BCUT2D eigenvalue weighted by Gasteiger charge is -2.20. The maximum Gasteiger partial charge on any atom is 0.0346 e. The summed E-state index contributed by atoms with van der Waals surface area (Å²) in [4.78, 5) is 0. The molecule has 1 aromatic carbocycles. The predicted molar refractivity (Wildman–Crippen MR) is 66.9 cm³/mol. The van der Waals surface area contributed by atoms with E-state index in [1.807, 2.05) is 18.2 Å². The van der Waals surface area contributed by atoms with Gasteiger partial charge in [-0.3, -0.25) is 0 Å². The summed E-state index contributed by atoms with van der Waals surface area (Å²) in [6.45, 7) is 7.59. The van der Waals surface area contributed by atoms with Crippen molar-refractivity contribution >= 4 is 5.69 Å². The molecule has 2 heteroatoms. The molecule has 0 aliphatic rings. The van der Waals surface area contributed by atoms with Gasteiger partial charge in [0, 0.05) is 11.2 Å². The van der Waals surface area contributed by atoms with Gasteiger partial charge in [-0.05, 0) is 51.8 Å².